The summed E-state index contributed by atoms with van der Waals surface area (Å²) in [6.45, 7) is 2.04. The first-order valence-electron chi connectivity index (χ1n) is 5.30. The molecule has 1 atom stereocenters. The van der Waals surface area contributed by atoms with Gasteiger partial charge in [-0.05, 0) is 47.3 Å². The molecule has 1 aromatic carbocycles. The Balaban J connectivity index is 2.47. The molecule has 2 rings (SSSR count). The highest BCUT2D eigenvalue weighted by Crippen LogP contribution is 2.53. The molecule has 1 aliphatic rings. The zero-order valence-electron chi connectivity index (χ0n) is 9.39. The summed E-state index contributed by atoms with van der Waals surface area (Å²) in [4.78, 5) is 0. The molecule has 16 heavy (non-hydrogen) atoms. The molecule has 0 heterocycles. The first-order chi connectivity index (χ1) is 7.51. The Labute approximate surface area is 109 Å². The van der Waals surface area contributed by atoms with E-state index in [9.17, 15) is 0 Å². The molecule has 1 saturated carbocycles. The zero-order valence-corrected chi connectivity index (χ0v) is 11.7. The minimum Gasteiger partial charge on any atom is -0.496 e. The summed E-state index contributed by atoms with van der Waals surface area (Å²) in [6.07, 6.45) is 2.23. The average Bonchev–Trinajstić information content (AvgIpc) is 3.01. The van der Waals surface area contributed by atoms with Crippen molar-refractivity contribution in [2.45, 2.75) is 31.2 Å². The molecule has 4 heteroatoms. The molecule has 0 aliphatic heterocycles. The summed E-state index contributed by atoms with van der Waals surface area (Å²) in [5, 5.41) is 0.745. The quantitative estimate of drug-likeness (QED) is 0.928. The second-order valence-corrected chi connectivity index (χ2v) is 5.67. The van der Waals surface area contributed by atoms with E-state index in [2.05, 4.69) is 15.9 Å². The van der Waals surface area contributed by atoms with E-state index >= 15 is 0 Å². The Bertz CT molecular complexity index is 416. The zero-order chi connectivity index (χ0) is 11.9. The van der Waals surface area contributed by atoms with Crippen molar-refractivity contribution in [3.05, 3.63) is 27.2 Å². The van der Waals surface area contributed by atoms with Crippen LogP contribution in [-0.4, -0.2) is 13.2 Å². The fraction of sp³-hybridized carbons (Fsp3) is 0.500. The summed E-state index contributed by atoms with van der Waals surface area (Å²) in [6, 6.07) is 4.02. The third-order valence-electron chi connectivity index (χ3n) is 3.44. The van der Waals surface area contributed by atoms with Crippen LogP contribution in [0.4, 0.5) is 0 Å². The normalized spacial score (nSPS) is 19.3. The van der Waals surface area contributed by atoms with Crippen LogP contribution in [0.1, 0.15) is 25.3 Å². The highest BCUT2D eigenvalue weighted by Gasteiger charge is 2.48. The van der Waals surface area contributed by atoms with Crippen molar-refractivity contribution in [2.75, 3.05) is 7.11 Å². The van der Waals surface area contributed by atoms with Gasteiger partial charge >= 0.3 is 0 Å². The van der Waals surface area contributed by atoms with Crippen LogP contribution in [-0.2, 0) is 5.41 Å². The number of rotatable bonds is 3. The SMILES string of the molecule is COc1cc(Cl)c(C2(C(C)N)CC2)cc1Br. The van der Waals surface area contributed by atoms with E-state index < -0.39 is 0 Å². The summed E-state index contributed by atoms with van der Waals surface area (Å²) in [5.74, 6) is 0.759. The largest absolute Gasteiger partial charge is 0.496 e. The Morgan fingerprint density at radius 3 is 2.56 bits per heavy atom. The molecule has 88 valence electrons. The lowest BCUT2D eigenvalue weighted by atomic mass is 9.89. The number of hydrogen-bond donors (Lipinski definition) is 1. The van der Waals surface area contributed by atoms with Crippen LogP contribution < -0.4 is 10.5 Å². The van der Waals surface area contributed by atoms with E-state index in [4.69, 9.17) is 22.1 Å². The van der Waals surface area contributed by atoms with Crippen LogP contribution in [0.5, 0.6) is 5.75 Å². The maximum atomic E-state index is 6.29. The van der Waals surface area contributed by atoms with Gasteiger partial charge in [-0.15, -0.1) is 0 Å². The van der Waals surface area contributed by atoms with Gasteiger partial charge in [0.2, 0.25) is 0 Å². The Kier molecular flexibility index (Phi) is 3.21. The third kappa shape index (κ3) is 1.85. The number of nitrogens with two attached hydrogens (primary N) is 1. The molecule has 1 aliphatic carbocycles. The topological polar surface area (TPSA) is 35.2 Å². The van der Waals surface area contributed by atoms with Gasteiger partial charge in [-0.3, -0.25) is 0 Å². The number of hydrogen-bond acceptors (Lipinski definition) is 2. The van der Waals surface area contributed by atoms with Gasteiger partial charge in [-0.2, -0.15) is 0 Å². The van der Waals surface area contributed by atoms with E-state index in [1.807, 2.05) is 19.1 Å². The lowest BCUT2D eigenvalue weighted by molar-refractivity contribution is 0.411. The van der Waals surface area contributed by atoms with Gasteiger partial charge in [0.15, 0.2) is 0 Å². The van der Waals surface area contributed by atoms with Gasteiger partial charge in [-0.1, -0.05) is 11.6 Å². The maximum Gasteiger partial charge on any atom is 0.134 e. The molecule has 1 unspecified atom stereocenters. The summed E-state index contributed by atoms with van der Waals surface area (Å²) in [5.41, 5.74) is 7.26. The lowest BCUT2D eigenvalue weighted by Crippen LogP contribution is -2.31. The Morgan fingerprint density at radius 1 is 1.50 bits per heavy atom. The van der Waals surface area contributed by atoms with Crippen LogP contribution in [0.2, 0.25) is 5.02 Å². The van der Waals surface area contributed by atoms with Crippen LogP contribution in [0.3, 0.4) is 0 Å². The monoisotopic (exact) mass is 303 g/mol. The maximum absolute atomic E-state index is 6.29. The molecule has 2 nitrogen and oxygen atoms in total. The standard InChI is InChI=1S/C12H15BrClNO/c1-7(15)12(3-4-12)8-5-9(13)11(16-2)6-10(8)14/h5-7H,3-4,15H2,1-2H3. The lowest BCUT2D eigenvalue weighted by Gasteiger charge is -2.22. The molecule has 1 fully saturated rings. The highest BCUT2D eigenvalue weighted by atomic mass is 79.9. The number of methoxy groups -OCH3 is 1. The van der Waals surface area contributed by atoms with E-state index in [0.717, 1.165) is 33.6 Å². The van der Waals surface area contributed by atoms with E-state index in [1.165, 1.54) is 0 Å². The molecule has 0 bridgehead atoms. The molecular formula is C12H15BrClNO. The Hall–Kier alpha value is -0.250. The van der Waals surface area contributed by atoms with Gasteiger partial charge < -0.3 is 10.5 Å². The van der Waals surface area contributed by atoms with Crippen molar-refractivity contribution in [2.24, 2.45) is 5.73 Å². The van der Waals surface area contributed by atoms with Crippen molar-refractivity contribution in [1.82, 2.24) is 0 Å². The van der Waals surface area contributed by atoms with Gasteiger partial charge in [0.25, 0.3) is 0 Å². The van der Waals surface area contributed by atoms with Crippen molar-refractivity contribution in [3.8, 4) is 5.75 Å². The van der Waals surface area contributed by atoms with Gasteiger partial charge in [-0.25, -0.2) is 0 Å². The summed E-state index contributed by atoms with van der Waals surface area (Å²) < 4.78 is 6.14. The second-order valence-electron chi connectivity index (χ2n) is 4.41. The molecular weight excluding hydrogens is 289 g/mol. The van der Waals surface area contributed by atoms with Gasteiger partial charge in [0, 0.05) is 22.5 Å². The number of ether oxygens (including phenoxy) is 1. The average molecular weight is 305 g/mol. The molecule has 0 amide bonds. The highest BCUT2D eigenvalue weighted by molar-refractivity contribution is 9.10. The van der Waals surface area contributed by atoms with Gasteiger partial charge in [0.05, 0.1) is 11.6 Å². The summed E-state index contributed by atoms with van der Waals surface area (Å²) >= 11 is 9.78. The summed E-state index contributed by atoms with van der Waals surface area (Å²) in [7, 11) is 1.63. The molecule has 1 aromatic rings. The fourth-order valence-corrected chi connectivity index (χ4v) is 3.02. The van der Waals surface area contributed by atoms with Gasteiger partial charge in [0.1, 0.15) is 5.75 Å². The number of benzene rings is 1. The van der Waals surface area contributed by atoms with Crippen LogP contribution in [0.25, 0.3) is 0 Å². The van der Waals surface area contributed by atoms with Crippen molar-refractivity contribution in [1.29, 1.82) is 0 Å². The van der Waals surface area contributed by atoms with Crippen LogP contribution in [0.15, 0.2) is 16.6 Å². The van der Waals surface area contributed by atoms with Crippen molar-refractivity contribution in [3.63, 3.8) is 0 Å². The molecule has 0 radical (unpaired) electrons. The fourth-order valence-electron chi connectivity index (χ4n) is 2.17. The molecule has 0 spiro atoms. The predicted octanol–water partition coefficient (Wildman–Crippen LogP) is 3.49. The third-order valence-corrected chi connectivity index (χ3v) is 4.37. The Morgan fingerprint density at radius 2 is 2.12 bits per heavy atom. The molecule has 2 N–H and O–H groups in total. The van der Waals surface area contributed by atoms with E-state index in [0.29, 0.717) is 0 Å². The minimum absolute atomic E-state index is 0.0753. The van der Waals surface area contributed by atoms with Crippen molar-refractivity contribution < 1.29 is 4.74 Å². The van der Waals surface area contributed by atoms with Crippen molar-refractivity contribution >= 4 is 27.5 Å². The van der Waals surface area contributed by atoms with E-state index in [-0.39, 0.29) is 11.5 Å². The first-order valence-corrected chi connectivity index (χ1v) is 6.47. The van der Waals surface area contributed by atoms with Crippen LogP contribution >= 0.6 is 27.5 Å². The van der Waals surface area contributed by atoms with Crippen LogP contribution in [0, 0.1) is 0 Å². The molecule has 0 aromatic heterocycles. The first kappa shape index (κ1) is 12.2. The predicted molar refractivity (Wildman–Crippen MR) is 70.3 cm³/mol. The second kappa shape index (κ2) is 4.21. The minimum atomic E-state index is 0.0753. The smallest absolute Gasteiger partial charge is 0.134 e. The molecule has 0 saturated heterocycles. The number of halogens is 2. The van der Waals surface area contributed by atoms with E-state index in [1.54, 1.807) is 7.11 Å².